The standard InChI is InChI=1S/C20H26N6OS2/c1-12-13(2)26(15-6-4-3-5-7-15)18(16(12)10-21)23-17(27)11-28-20-25-24-19(29-20)22-14-8-9-14/h14-15H,3-9,11H2,1-2H3,(H,22,24)(H,23,27). The van der Waals surface area contributed by atoms with Gasteiger partial charge in [-0.2, -0.15) is 5.26 Å². The predicted octanol–water partition coefficient (Wildman–Crippen LogP) is 4.64. The first kappa shape index (κ1) is 20.2. The molecule has 0 saturated heterocycles. The van der Waals surface area contributed by atoms with Crippen LogP contribution < -0.4 is 10.6 Å². The number of rotatable bonds is 7. The van der Waals surface area contributed by atoms with Gasteiger partial charge < -0.3 is 15.2 Å². The van der Waals surface area contributed by atoms with Crippen molar-refractivity contribution in [3.63, 3.8) is 0 Å². The third kappa shape index (κ3) is 4.59. The molecule has 2 heterocycles. The van der Waals surface area contributed by atoms with Gasteiger partial charge in [0.25, 0.3) is 0 Å². The topological polar surface area (TPSA) is 95.6 Å². The summed E-state index contributed by atoms with van der Waals surface area (Å²) in [5, 5.41) is 25.1. The van der Waals surface area contributed by atoms with Crippen LogP contribution in [0, 0.1) is 25.2 Å². The number of nitrogens with zero attached hydrogens (tertiary/aromatic N) is 4. The number of nitrogens with one attached hydrogen (secondary N) is 2. The molecule has 0 radical (unpaired) electrons. The van der Waals surface area contributed by atoms with Crippen LogP contribution in [0.15, 0.2) is 4.34 Å². The van der Waals surface area contributed by atoms with E-state index in [0.717, 1.165) is 33.6 Å². The number of nitriles is 1. The molecule has 2 saturated carbocycles. The molecule has 2 fully saturated rings. The zero-order valence-corrected chi connectivity index (χ0v) is 18.5. The number of hydrogen-bond donors (Lipinski definition) is 2. The van der Waals surface area contributed by atoms with Crippen LogP contribution >= 0.6 is 23.1 Å². The third-order valence-electron chi connectivity index (χ3n) is 5.70. The average Bonchev–Trinajstić information content (AvgIpc) is 3.37. The van der Waals surface area contributed by atoms with Crippen molar-refractivity contribution in [3.8, 4) is 6.07 Å². The molecule has 9 heteroatoms. The van der Waals surface area contributed by atoms with Gasteiger partial charge in [0.2, 0.25) is 11.0 Å². The van der Waals surface area contributed by atoms with Crippen LogP contribution in [-0.4, -0.2) is 32.5 Å². The summed E-state index contributed by atoms with van der Waals surface area (Å²) in [6, 6.07) is 3.19. The fourth-order valence-electron chi connectivity index (χ4n) is 3.91. The smallest absolute Gasteiger partial charge is 0.235 e. The summed E-state index contributed by atoms with van der Waals surface area (Å²) in [5.41, 5.74) is 2.62. The maximum Gasteiger partial charge on any atom is 0.235 e. The number of anilines is 2. The van der Waals surface area contributed by atoms with E-state index in [9.17, 15) is 10.1 Å². The molecule has 0 atom stereocenters. The minimum absolute atomic E-state index is 0.118. The molecular weight excluding hydrogens is 404 g/mol. The first-order chi connectivity index (χ1) is 14.1. The van der Waals surface area contributed by atoms with E-state index in [1.165, 1.54) is 55.2 Å². The number of thioether (sulfide) groups is 1. The van der Waals surface area contributed by atoms with Crippen LogP contribution in [0.1, 0.15) is 67.8 Å². The van der Waals surface area contributed by atoms with Gasteiger partial charge in [-0.3, -0.25) is 4.79 Å². The summed E-state index contributed by atoms with van der Waals surface area (Å²) in [5.74, 6) is 0.790. The van der Waals surface area contributed by atoms with Crippen LogP contribution in [0.25, 0.3) is 0 Å². The van der Waals surface area contributed by atoms with Crippen LogP contribution in [-0.2, 0) is 4.79 Å². The second-order valence-corrected chi connectivity index (χ2v) is 10.0. The molecule has 29 heavy (non-hydrogen) atoms. The van der Waals surface area contributed by atoms with Gasteiger partial charge in [-0.25, -0.2) is 0 Å². The minimum Gasteiger partial charge on any atom is -0.357 e. The first-order valence-electron chi connectivity index (χ1n) is 10.2. The molecule has 1 amide bonds. The molecule has 2 aliphatic rings. The highest BCUT2D eigenvalue weighted by Gasteiger charge is 2.26. The Morgan fingerprint density at radius 3 is 2.69 bits per heavy atom. The van der Waals surface area contributed by atoms with Gasteiger partial charge in [0.15, 0.2) is 4.34 Å². The summed E-state index contributed by atoms with van der Waals surface area (Å²) in [6.07, 6.45) is 8.22. The van der Waals surface area contributed by atoms with Gasteiger partial charge in [0.05, 0.1) is 11.3 Å². The molecule has 2 aliphatic carbocycles. The summed E-state index contributed by atoms with van der Waals surface area (Å²) in [4.78, 5) is 12.7. The van der Waals surface area contributed by atoms with Gasteiger partial charge in [-0.15, -0.1) is 10.2 Å². The Balaban J connectivity index is 1.44. The molecule has 2 aromatic rings. The van der Waals surface area contributed by atoms with E-state index < -0.39 is 0 Å². The monoisotopic (exact) mass is 430 g/mol. The average molecular weight is 431 g/mol. The van der Waals surface area contributed by atoms with Crippen molar-refractivity contribution in [1.82, 2.24) is 14.8 Å². The van der Waals surface area contributed by atoms with E-state index in [-0.39, 0.29) is 11.7 Å². The summed E-state index contributed by atoms with van der Waals surface area (Å²) in [6.45, 7) is 4.01. The normalized spacial score (nSPS) is 17.1. The molecule has 7 nitrogen and oxygen atoms in total. The van der Waals surface area contributed by atoms with Gasteiger partial charge in [-0.05, 0) is 45.1 Å². The molecule has 4 rings (SSSR count). The Kier molecular flexibility index (Phi) is 6.11. The van der Waals surface area contributed by atoms with Crippen molar-refractivity contribution in [2.45, 2.75) is 75.2 Å². The van der Waals surface area contributed by atoms with Crippen molar-refractivity contribution in [2.75, 3.05) is 16.4 Å². The van der Waals surface area contributed by atoms with E-state index in [2.05, 4.69) is 31.5 Å². The number of carbonyl (C=O) groups excluding carboxylic acids is 1. The molecule has 0 aliphatic heterocycles. The molecule has 0 bridgehead atoms. The highest BCUT2D eigenvalue weighted by Crippen LogP contribution is 2.37. The SMILES string of the molecule is Cc1c(C#N)c(NC(=O)CSc2nnc(NC3CC3)s2)n(C2CCCCC2)c1C. The second kappa shape index (κ2) is 8.76. The maximum atomic E-state index is 12.7. The highest BCUT2D eigenvalue weighted by molar-refractivity contribution is 8.01. The number of hydrogen-bond acceptors (Lipinski definition) is 7. The Bertz CT molecular complexity index is 934. The van der Waals surface area contributed by atoms with Crippen molar-refractivity contribution in [2.24, 2.45) is 0 Å². The van der Waals surface area contributed by atoms with E-state index >= 15 is 0 Å². The summed E-state index contributed by atoms with van der Waals surface area (Å²) >= 11 is 2.86. The van der Waals surface area contributed by atoms with Gasteiger partial charge in [0.1, 0.15) is 11.9 Å². The zero-order valence-electron chi connectivity index (χ0n) is 16.8. The van der Waals surface area contributed by atoms with Gasteiger partial charge >= 0.3 is 0 Å². The van der Waals surface area contributed by atoms with Gasteiger partial charge in [0, 0.05) is 17.8 Å². The van der Waals surface area contributed by atoms with E-state index in [4.69, 9.17) is 0 Å². The zero-order chi connectivity index (χ0) is 20.4. The Morgan fingerprint density at radius 1 is 1.24 bits per heavy atom. The van der Waals surface area contributed by atoms with Gasteiger partial charge in [-0.1, -0.05) is 42.4 Å². The fraction of sp³-hybridized carbons (Fsp3) is 0.600. The minimum atomic E-state index is -0.118. The first-order valence-corrected chi connectivity index (χ1v) is 12.0. The maximum absolute atomic E-state index is 12.7. The van der Waals surface area contributed by atoms with E-state index in [1.54, 1.807) is 0 Å². The van der Waals surface area contributed by atoms with Crippen LogP contribution in [0.5, 0.6) is 0 Å². The van der Waals surface area contributed by atoms with Crippen molar-refractivity contribution in [1.29, 1.82) is 5.26 Å². The third-order valence-corrected chi connectivity index (χ3v) is 7.69. The number of aromatic nitrogens is 3. The number of amides is 1. The van der Waals surface area contributed by atoms with Crippen molar-refractivity contribution >= 4 is 40.0 Å². The molecule has 2 N–H and O–H groups in total. The molecule has 2 aromatic heterocycles. The molecule has 0 aromatic carbocycles. The molecular formula is C20H26N6OS2. The predicted molar refractivity (Wildman–Crippen MR) is 117 cm³/mol. The Morgan fingerprint density at radius 2 is 2.00 bits per heavy atom. The lowest BCUT2D eigenvalue weighted by Gasteiger charge is -2.27. The van der Waals surface area contributed by atoms with E-state index in [1.807, 2.05) is 13.8 Å². The lowest BCUT2D eigenvalue weighted by Crippen LogP contribution is -2.21. The summed E-state index contributed by atoms with van der Waals surface area (Å²) < 4.78 is 2.97. The molecule has 154 valence electrons. The summed E-state index contributed by atoms with van der Waals surface area (Å²) in [7, 11) is 0. The van der Waals surface area contributed by atoms with Crippen LogP contribution in [0.4, 0.5) is 10.9 Å². The lowest BCUT2D eigenvalue weighted by molar-refractivity contribution is -0.113. The molecule has 0 spiro atoms. The van der Waals surface area contributed by atoms with Crippen LogP contribution in [0.2, 0.25) is 0 Å². The largest absolute Gasteiger partial charge is 0.357 e. The lowest BCUT2D eigenvalue weighted by atomic mass is 9.95. The number of carbonyl (C=O) groups is 1. The Labute approximate surface area is 179 Å². The van der Waals surface area contributed by atoms with Crippen molar-refractivity contribution in [3.05, 3.63) is 16.8 Å². The fourth-order valence-corrected chi connectivity index (χ4v) is 5.54. The Hall–Kier alpha value is -2.05. The highest BCUT2D eigenvalue weighted by atomic mass is 32.2. The second-order valence-electron chi connectivity index (χ2n) is 7.84. The van der Waals surface area contributed by atoms with E-state index in [0.29, 0.717) is 23.5 Å². The van der Waals surface area contributed by atoms with Crippen LogP contribution in [0.3, 0.4) is 0 Å². The quantitative estimate of drug-likeness (QED) is 0.621. The van der Waals surface area contributed by atoms with Crippen molar-refractivity contribution < 1.29 is 4.79 Å². The molecule has 0 unspecified atom stereocenters.